The van der Waals surface area contributed by atoms with E-state index in [-0.39, 0.29) is 29.9 Å². The van der Waals surface area contributed by atoms with Gasteiger partial charge in [0.1, 0.15) is 6.54 Å². The topological polar surface area (TPSA) is 66.5 Å². The van der Waals surface area contributed by atoms with Crippen LogP contribution in [0.5, 0.6) is 0 Å². The van der Waals surface area contributed by atoms with Crippen LogP contribution in [-0.2, 0) is 14.4 Å². The van der Waals surface area contributed by atoms with Gasteiger partial charge < -0.3 is 5.32 Å². The Balaban J connectivity index is 2.11. The fourth-order valence-corrected chi connectivity index (χ4v) is 3.26. The molecule has 1 aromatic rings. The maximum Gasteiger partial charge on any atom is 0.244 e. The molecule has 1 aliphatic rings. The van der Waals surface area contributed by atoms with Crippen LogP contribution in [0.25, 0.3) is 0 Å². The Hall–Kier alpha value is -2.08. The quantitative estimate of drug-likeness (QED) is 0.837. The first-order valence-electron chi connectivity index (χ1n) is 8.14. The first-order valence-corrected chi connectivity index (χ1v) is 9.13. The van der Waals surface area contributed by atoms with Crippen LogP contribution in [0.4, 0.5) is 5.69 Å². The molecule has 134 valence electrons. The molecular formula is C19H24N2O3S. The van der Waals surface area contributed by atoms with Crippen LogP contribution in [0.2, 0.25) is 0 Å². The lowest BCUT2D eigenvalue weighted by Gasteiger charge is -2.19. The summed E-state index contributed by atoms with van der Waals surface area (Å²) in [5.74, 6) is -0.254. The van der Waals surface area contributed by atoms with E-state index in [1.807, 2.05) is 52.8 Å². The standard InChI is InChI=1S/C19H24N2O3S/c1-12-6-7-14(13(2)8-12)20-16(23)10-21-17(24)11-25-18(21)9-15(22)19(3,4)5/h6-9H,10-11H2,1-5H3,(H,20,23)/b18-9-. The van der Waals surface area contributed by atoms with Gasteiger partial charge in [-0.2, -0.15) is 0 Å². The van der Waals surface area contributed by atoms with Gasteiger partial charge in [0.05, 0.1) is 10.8 Å². The van der Waals surface area contributed by atoms with Crippen molar-refractivity contribution < 1.29 is 14.4 Å². The summed E-state index contributed by atoms with van der Waals surface area (Å²) in [6, 6.07) is 5.76. The zero-order valence-corrected chi connectivity index (χ0v) is 16.1. The monoisotopic (exact) mass is 360 g/mol. The van der Waals surface area contributed by atoms with Crippen LogP contribution >= 0.6 is 11.8 Å². The Morgan fingerprint density at radius 2 is 1.96 bits per heavy atom. The molecule has 6 heteroatoms. The van der Waals surface area contributed by atoms with Crippen molar-refractivity contribution in [3.63, 3.8) is 0 Å². The number of nitrogens with one attached hydrogen (secondary N) is 1. The van der Waals surface area contributed by atoms with Gasteiger partial charge in [-0.15, -0.1) is 0 Å². The number of ketones is 1. The molecule has 0 aromatic heterocycles. The van der Waals surface area contributed by atoms with Gasteiger partial charge in [-0.1, -0.05) is 50.2 Å². The van der Waals surface area contributed by atoms with Gasteiger partial charge in [-0.05, 0) is 25.5 Å². The number of nitrogens with zero attached hydrogens (tertiary/aromatic N) is 1. The van der Waals surface area contributed by atoms with Gasteiger partial charge in [0.15, 0.2) is 5.78 Å². The van der Waals surface area contributed by atoms with Crippen LogP contribution in [-0.4, -0.2) is 34.8 Å². The van der Waals surface area contributed by atoms with Gasteiger partial charge >= 0.3 is 0 Å². The number of hydrogen-bond donors (Lipinski definition) is 1. The second-order valence-electron chi connectivity index (χ2n) is 7.23. The summed E-state index contributed by atoms with van der Waals surface area (Å²) in [4.78, 5) is 38.0. The maximum absolute atomic E-state index is 12.4. The Bertz CT molecular complexity index is 748. The lowest BCUT2D eigenvalue weighted by Crippen LogP contribution is -2.34. The van der Waals surface area contributed by atoms with Crippen LogP contribution in [0.1, 0.15) is 31.9 Å². The van der Waals surface area contributed by atoms with E-state index in [1.54, 1.807) is 0 Å². The fraction of sp³-hybridized carbons (Fsp3) is 0.421. The molecule has 0 atom stereocenters. The minimum atomic E-state index is -0.522. The Labute approximate surface area is 152 Å². The number of amides is 2. The highest BCUT2D eigenvalue weighted by molar-refractivity contribution is 8.04. The predicted octanol–water partition coefficient (Wildman–Crippen LogP) is 3.27. The van der Waals surface area contributed by atoms with Crippen molar-refractivity contribution in [3.8, 4) is 0 Å². The second kappa shape index (κ2) is 7.44. The third-order valence-corrected chi connectivity index (χ3v) is 4.89. The molecule has 1 aromatic carbocycles. The first kappa shape index (κ1) is 19.2. The number of carbonyl (C=O) groups is 3. The Morgan fingerprint density at radius 1 is 1.28 bits per heavy atom. The predicted molar refractivity (Wildman–Crippen MR) is 101 cm³/mol. The molecule has 25 heavy (non-hydrogen) atoms. The lowest BCUT2D eigenvalue weighted by molar-refractivity contribution is -0.129. The van der Waals surface area contributed by atoms with Crippen molar-refractivity contribution >= 4 is 35.0 Å². The van der Waals surface area contributed by atoms with Gasteiger partial charge in [0.2, 0.25) is 11.8 Å². The minimum Gasteiger partial charge on any atom is -0.324 e. The van der Waals surface area contributed by atoms with Gasteiger partial charge in [0.25, 0.3) is 0 Å². The number of allylic oxidation sites excluding steroid dienone is 1. The van der Waals surface area contributed by atoms with Crippen molar-refractivity contribution in [3.05, 3.63) is 40.4 Å². The molecule has 1 saturated heterocycles. The first-order chi connectivity index (χ1) is 11.6. The van der Waals surface area contributed by atoms with E-state index < -0.39 is 5.41 Å². The fourth-order valence-electron chi connectivity index (χ4n) is 2.32. The van der Waals surface area contributed by atoms with Crippen molar-refractivity contribution in [2.24, 2.45) is 5.41 Å². The summed E-state index contributed by atoms with van der Waals surface area (Å²) < 4.78 is 0. The summed E-state index contributed by atoms with van der Waals surface area (Å²) in [7, 11) is 0. The number of thioether (sulfide) groups is 1. The highest BCUT2D eigenvalue weighted by Gasteiger charge is 2.30. The molecule has 0 aliphatic carbocycles. The number of rotatable bonds is 4. The number of anilines is 1. The van der Waals surface area contributed by atoms with Crippen LogP contribution in [0.3, 0.4) is 0 Å². The average Bonchev–Trinajstić information content (AvgIpc) is 2.82. The third-order valence-electron chi connectivity index (χ3n) is 3.86. The van der Waals surface area contributed by atoms with Crippen LogP contribution in [0, 0.1) is 19.3 Å². The summed E-state index contributed by atoms with van der Waals surface area (Å²) in [6.45, 7) is 9.29. The number of benzene rings is 1. The molecule has 1 fully saturated rings. The van der Waals surface area contributed by atoms with Crippen molar-refractivity contribution in [2.45, 2.75) is 34.6 Å². The van der Waals surface area contributed by atoms with E-state index in [9.17, 15) is 14.4 Å². The van der Waals surface area contributed by atoms with E-state index in [0.717, 1.165) is 16.8 Å². The largest absolute Gasteiger partial charge is 0.324 e. The Kier molecular flexibility index (Phi) is 5.72. The molecular weight excluding hydrogens is 336 g/mol. The van der Waals surface area contributed by atoms with Crippen LogP contribution < -0.4 is 5.32 Å². The lowest BCUT2D eigenvalue weighted by atomic mass is 9.91. The highest BCUT2D eigenvalue weighted by Crippen LogP contribution is 2.30. The summed E-state index contributed by atoms with van der Waals surface area (Å²) >= 11 is 1.29. The van der Waals surface area contributed by atoms with Gasteiger partial charge in [-0.25, -0.2) is 0 Å². The number of aryl methyl sites for hydroxylation is 2. The smallest absolute Gasteiger partial charge is 0.244 e. The molecule has 2 rings (SSSR count). The zero-order chi connectivity index (χ0) is 18.8. The second-order valence-corrected chi connectivity index (χ2v) is 8.23. The molecule has 2 amide bonds. The molecule has 5 nitrogen and oxygen atoms in total. The van der Waals surface area contributed by atoms with E-state index in [4.69, 9.17) is 0 Å². The van der Waals surface area contributed by atoms with Crippen molar-refractivity contribution in [2.75, 3.05) is 17.6 Å². The summed E-state index contributed by atoms with van der Waals surface area (Å²) in [5, 5.41) is 3.38. The maximum atomic E-state index is 12.4. The normalized spacial score (nSPS) is 16.4. The highest BCUT2D eigenvalue weighted by atomic mass is 32.2. The summed E-state index contributed by atoms with van der Waals surface area (Å²) in [6.07, 6.45) is 1.47. The molecule has 0 radical (unpaired) electrons. The van der Waals surface area contributed by atoms with Crippen molar-refractivity contribution in [1.29, 1.82) is 0 Å². The van der Waals surface area contributed by atoms with E-state index >= 15 is 0 Å². The molecule has 0 spiro atoms. The van der Waals surface area contributed by atoms with Gasteiger partial charge in [-0.3, -0.25) is 19.3 Å². The molecule has 0 unspecified atom stereocenters. The number of carbonyl (C=O) groups excluding carboxylic acids is 3. The molecule has 1 aliphatic heterocycles. The van der Waals surface area contributed by atoms with E-state index in [0.29, 0.717) is 5.03 Å². The average molecular weight is 360 g/mol. The zero-order valence-electron chi connectivity index (χ0n) is 15.3. The molecule has 0 saturated carbocycles. The van der Waals surface area contributed by atoms with Gasteiger partial charge in [0, 0.05) is 17.2 Å². The third kappa shape index (κ3) is 4.95. The summed E-state index contributed by atoms with van der Waals surface area (Å²) in [5.41, 5.74) is 2.29. The van der Waals surface area contributed by atoms with Crippen molar-refractivity contribution in [1.82, 2.24) is 4.90 Å². The molecule has 1 heterocycles. The molecule has 1 N–H and O–H groups in total. The SMILES string of the molecule is Cc1ccc(NC(=O)CN2C(=O)CS/C2=C\C(=O)C(C)(C)C)c(C)c1. The van der Waals surface area contributed by atoms with E-state index in [1.165, 1.54) is 22.7 Å². The molecule has 0 bridgehead atoms. The van der Waals surface area contributed by atoms with Crippen LogP contribution in [0.15, 0.2) is 29.3 Å². The minimum absolute atomic E-state index is 0.0653. The Morgan fingerprint density at radius 3 is 2.56 bits per heavy atom. The number of hydrogen-bond acceptors (Lipinski definition) is 4. The van der Waals surface area contributed by atoms with E-state index in [2.05, 4.69) is 5.32 Å².